The lowest BCUT2D eigenvalue weighted by molar-refractivity contribution is -0.149. The van der Waals surface area contributed by atoms with E-state index < -0.39 is 0 Å². The number of carbonyl (C=O) groups is 1. The molecule has 0 spiro atoms. The van der Waals surface area contributed by atoms with Crippen molar-refractivity contribution in [3.63, 3.8) is 0 Å². The summed E-state index contributed by atoms with van der Waals surface area (Å²) < 4.78 is 11.0. The van der Waals surface area contributed by atoms with Crippen LogP contribution in [0.4, 0.5) is 0 Å². The van der Waals surface area contributed by atoms with Crippen LogP contribution in [-0.4, -0.2) is 48.6 Å². The van der Waals surface area contributed by atoms with Crippen LogP contribution in [0.2, 0.25) is 0 Å². The van der Waals surface area contributed by atoms with Gasteiger partial charge in [-0.1, -0.05) is 18.2 Å². The maximum absolute atomic E-state index is 11.9. The van der Waals surface area contributed by atoms with E-state index in [-0.39, 0.29) is 35.9 Å². The van der Waals surface area contributed by atoms with E-state index >= 15 is 0 Å². The van der Waals surface area contributed by atoms with Crippen LogP contribution in [0.3, 0.4) is 0 Å². The molecule has 2 aromatic rings. The molecule has 1 fully saturated rings. The predicted molar refractivity (Wildman–Crippen MR) is 132 cm³/mol. The molecule has 2 heterocycles. The number of nitrogens with zero attached hydrogens (tertiary/aromatic N) is 3. The van der Waals surface area contributed by atoms with Gasteiger partial charge in [-0.05, 0) is 49.6 Å². The van der Waals surface area contributed by atoms with Crippen molar-refractivity contribution in [3.05, 3.63) is 59.9 Å². The van der Waals surface area contributed by atoms with Crippen LogP contribution >= 0.6 is 24.0 Å². The molecule has 0 saturated carbocycles. The highest BCUT2D eigenvalue weighted by atomic mass is 127. The SMILES string of the molecule is CCOC(=O)C1CCN(C(=NC)NCc2cccc(OCc3ccccn3)c2)CC1.I. The zero-order valence-corrected chi connectivity index (χ0v) is 20.5. The van der Waals surface area contributed by atoms with Gasteiger partial charge in [-0.25, -0.2) is 0 Å². The molecule has 0 atom stereocenters. The van der Waals surface area contributed by atoms with Gasteiger partial charge in [-0.15, -0.1) is 24.0 Å². The van der Waals surface area contributed by atoms with Gasteiger partial charge >= 0.3 is 5.97 Å². The van der Waals surface area contributed by atoms with Crippen LogP contribution in [-0.2, 0) is 22.7 Å². The smallest absolute Gasteiger partial charge is 0.309 e. The number of guanidine groups is 1. The number of carbonyl (C=O) groups excluding carboxylic acids is 1. The summed E-state index contributed by atoms with van der Waals surface area (Å²) in [6.07, 6.45) is 3.34. The fourth-order valence-corrected chi connectivity index (χ4v) is 3.49. The Balaban J connectivity index is 0.00000341. The number of aromatic nitrogens is 1. The van der Waals surface area contributed by atoms with Crippen molar-refractivity contribution in [1.82, 2.24) is 15.2 Å². The molecule has 7 nitrogen and oxygen atoms in total. The van der Waals surface area contributed by atoms with Gasteiger partial charge < -0.3 is 19.7 Å². The number of benzene rings is 1. The largest absolute Gasteiger partial charge is 0.487 e. The number of hydrogen-bond acceptors (Lipinski definition) is 5. The van der Waals surface area contributed by atoms with Crippen molar-refractivity contribution >= 4 is 35.9 Å². The number of piperidine rings is 1. The molecule has 3 rings (SSSR count). The lowest BCUT2D eigenvalue weighted by Gasteiger charge is -2.33. The van der Waals surface area contributed by atoms with Gasteiger partial charge in [0, 0.05) is 32.9 Å². The molecule has 1 saturated heterocycles. The standard InChI is InChI=1S/C23H30N4O3.HI/c1-3-29-22(28)19-10-13-27(14-11-19)23(24-2)26-16-18-7-6-9-21(15-18)30-17-20-8-4-5-12-25-20;/h4-9,12,15,19H,3,10-11,13-14,16-17H2,1-2H3,(H,24,26);1H. The highest BCUT2D eigenvalue weighted by molar-refractivity contribution is 14.0. The Hall–Kier alpha value is -2.36. The van der Waals surface area contributed by atoms with E-state index in [2.05, 4.69) is 26.3 Å². The molecule has 168 valence electrons. The highest BCUT2D eigenvalue weighted by Crippen LogP contribution is 2.19. The molecule has 0 radical (unpaired) electrons. The average molecular weight is 538 g/mol. The van der Waals surface area contributed by atoms with E-state index in [1.54, 1.807) is 13.2 Å². The Morgan fingerprint density at radius 3 is 2.71 bits per heavy atom. The van der Waals surface area contributed by atoms with E-state index in [0.717, 1.165) is 48.9 Å². The quantitative estimate of drug-likeness (QED) is 0.251. The molecule has 31 heavy (non-hydrogen) atoms. The van der Waals surface area contributed by atoms with Gasteiger partial charge in [0.25, 0.3) is 0 Å². The van der Waals surface area contributed by atoms with Crippen LogP contribution in [0.5, 0.6) is 5.75 Å². The van der Waals surface area contributed by atoms with Crippen molar-refractivity contribution in [2.75, 3.05) is 26.7 Å². The number of esters is 1. The van der Waals surface area contributed by atoms with Crippen molar-refractivity contribution in [3.8, 4) is 5.75 Å². The van der Waals surface area contributed by atoms with E-state index in [0.29, 0.717) is 19.8 Å². The Bertz CT molecular complexity index is 840. The van der Waals surface area contributed by atoms with Crippen LogP contribution in [0, 0.1) is 5.92 Å². The van der Waals surface area contributed by atoms with E-state index in [4.69, 9.17) is 9.47 Å². The van der Waals surface area contributed by atoms with Gasteiger partial charge in [-0.2, -0.15) is 0 Å². The number of rotatable bonds is 7. The second-order valence-electron chi connectivity index (χ2n) is 7.17. The molecule has 1 aliphatic rings. The summed E-state index contributed by atoms with van der Waals surface area (Å²) in [5.41, 5.74) is 2.00. The summed E-state index contributed by atoms with van der Waals surface area (Å²) in [7, 11) is 1.78. The first-order chi connectivity index (χ1) is 14.7. The van der Waals surface area contributed by atoms with Gasteiger partial charge in [0.05, 0.1) is 18.2 Å². The summed E-state index contributed by atoms with van der Waals surface area (Å²) in [6, 6.07) is 13.8. The van der Waals surface area contributed by atoms with Crippen LogP contribution < -0.4 is 10.1 Å². The van der Waals surface area contributed by atoms with Gasteiger partial charge in [0.2, 0.25) is 0 Å². The lowest BCUT2D eigenvalue weighted by atomic mass is 9.97. The van der Waals surface area contributed by atoms with Crippen molar-refractivity contribution in [2.24, 2.45) is 10.9 Å². The fraction of sp³-hybridized carbons (Fsp3) is 0.435. The van der Waals surface area contributed by atoms with Crippen molar-refractivity contribution < 1.29 is 14.3 Å². The minimum absolute atomic E-state index is 0. The third-order valence-corrected chi connectivity index (χ3v) is 5.09. The molecule has 0 amide bonds. The molecular formula is C23H31IN4O3. The molecule has 1 aromatic heterocycles. The van der Waals surface area contributed by atoms with Crippen LogP contribution in [0.1, 0.15) is 31.0 Å². The first-order valence-corrected chi connectivity index (χ1v) is 10.4. The Kier molecular flexibility index (Phi) is 10.6. The number of likely N-dealkylation sites (tertiary alicyclic amines) is 1. The lowest BCUT2D eigenvalue weighted by Crippen LogP contribution is -2.46. The summed E-state index contributed by atoms with van der Waals surface area (Å²) >= 11 is 0. The first-order valence-electron chi connectivity index (χ1n) is 10.4. The van der Waals surface area contributed by atoms with Crippen molar-refractivity contribution in [2.45, 2.75) is 32.9 Å². The molecule has 8 heteroatoms. The van der Waals surface area contributed by atoms with Crippen LogP contribution in [0.25, 0.3) is 0 Å². The third kappa shape index (κ3) is 7.68. The number of nitrogens with one attached hydrogen (secondary N) is 1. The van der Waals surface area contributed by atoms with Gasteiger partial charge in [0.15, 0.2) is 5.96 Å². The highest BCUT2D eigenvalue weighted by Gasteiger charge is 2.27. The Morgan fingerprint density at radius 2 is 2.03 bits per heavy atom. The van der Waals surface area contributed by atoms with E-state index in [9.17, 15) is 4.79 Å². The summed E-state index contributed by atoms with van der Waals surface area (Å²) in [6.45, 7) is 4.94. The number of halogens is 1. The summed E-state index contributed by atoms with van der Waals surface area (Å²) in [5, 5.41) is 3.42. The molecular weight excluding hydrogens is 507 g/mol. The maximum Gasteiger partial charge on any atom is 0.309 e. The molecule has 1 N–H and O–H groups in total. The summed E-state index contributed by atoms with van der Waals surface area (Å²) in [4.78, 5) is 22.8. The summed E-state index contributed by atoms with van der Waals surface area (Å²) in [5.74, 6) is 1.57. The minimum Gasteiger partial charge on any atom is -0.487 e. The third-order valence-electron chi connectivity index (χ3n) is 5.09. The zero-order valence-electron chi connectivity index (χ0n) is 18.1. The molecule has 0 unspecified atom stereocenters. The normalized spacial score (nSPS) is 14.5. The van der Waals surface area contributed by atoms with Crippen molar-refractivity contribution in [1.29, 1.82) is 0 Å². The molecule has 1 aliphatic heterocycles. The maximum atomic E-state index is 11.9. The number of aliphatic imine (C=N–C) groups is 1. The van der Waals surface area contributed by atoms with E-state index in [1.807, 2.05) is 43.3 Å². The minimum atomic E-state index is -0.0809. The zero-order chi connectivity index (χ0) is 21.2. The molecule has 1 aromatic carbocycles. The van der Waals surface area contributed by atoms with Gasteiger partial charge in [0.1, 0.15) is 12.4 Å². The first kappa shape index (κ1) is 24.9. The Labute approximate surface area is 201 Å². The van der Waals surface area contributed by atoms with Crippen LogP contribution in [0.15, 0.2) is 53.7 Å². The number of hydrogen-bond donors (Lipinski definition) is 1. The average Bonchev–Trinajstić information content (AvgIpc) is 2.80. The molecule has 0 aliphatic carbocycles. The second-order valence-corrected chi connectivity index (χ2v) is 7.17. The predicted octanol–water partition coefficient (Wildman–Crippen LogP) is 3.63. The fourth-order valence-electron chi connectivity index (χ4n) is 3.49. The molecule has 0 bridgehead atoms. The van der Waals surface area contributed by atoms with E-state index in [1.165, 1.54) is 0 Å². The Morgan fingerprint density at radius 1 is 1.23 bits per heavy atom. The monoisotopic (exact) mass is 538 g/mol. The number of ether oxygens (including phenoxy) is 2. The second kappa shape index (κ2) is 13.1. The van der Waals surface area contributed by atoms with Gasteiger partial charge in [-0.3, -0.25) is 14.8 Å². The topological polar surface area (TPSA) is 76.0 Å². The number of pyridine rings is 1.